The molecule has 0 bridgehead atoms. The molecule has 2 rings (SSSR count). The number of ether oxygens (including phenoxy) is 2. The quantitative estimate of drug-likeness (QED) is 0.620. The summed E-state index contributed by atoms with van der Waals surface area (Å²) in [7, 11) is 0. The first kappa shape index (κ1) is 16.1. The number of hydrogen-bond acceptors (Lipinski definition) is 5. The number of aliphatic hydroxyl groups excluding tert-OH is 1. The predicted molar refractivity (Wildman–Crippen MR) is 78.7 cm³/mol. The Morgan fingerprint density at radius 3 is 2.57 bits per heavy atom. The van der Waals surface area contributed by atoms with Crippen LogP contribution in [-0.4, -0.2) is 46.0 Å². The molecule has 0 spiro atoms. The molecule has 5 nitrogen and oxygen atoms in total. The highest BCUT2D eigenvalue weighted by molar-refractivity contribution is 5.14. The Labute approximate surface area is 125 Å². The highest BCUT2D eigenvalue weighted by atomic mass is 16.8. The monoisotopic (exact) mass is 293 g/mol. The lowest BCUT2D eigenvalue weighted by Crippen LogP contribution is -2.45. The summed E-state index contributed by atoms with van der Waals surface area (Å²) in [5.74, 6) is -0.785. The highest BCUT2D eigenvalue weighted by Crippen LogP contribution is 2.31. The fourth-order valence-corrected chi connectivity index (χ4v) is 2.60. The van der Waals surface area contributed by atoms with Crippen molar-refractivity contribution < 1.29 is 19.8 Å². The first-order valence-electron chi connectivity index (χ1n) is 7.05. The van der Waals surface area contributed by atoms with Crippen LogP contribution in [0.25, 0.3) is 0 Å². The van der Waals surface area contributed by atoms with E-state index < -0.39 is 24.0 Å². The van der Waals surface area contributed by atoms with Crippen LogP contribution in [0, 0.1) is 0 Å². The molecule has 1 aromatic carbocycles. The molecule has 3 atom stereocenters. The minimum atomic E-state index is -0.785. The van der Waals surface area contributed by atoms with Crippen molar-refractivity contribution >= 4 is 0 Å². The second-order valence-electron chi connectivity index (χ2n) is 5.63. The third-order valence-corrected chi connectivity index (χ3v) is 3.51. The minimum absolute atomic E-state index is 0.169. The number of benzene rings is 1. The van der Waals surface area contributed by atoms with E-state index in [4.69, 9.17) is 9.47 Å². The molecule has 1 saturated heterocycles. The Hall–Kier alpha value is -1.24. The van der Waals surface area contributed by atoms with Gasteiger partial charge in [-0.3, -0.25) is 0 Å². The number of hydrogen-bond donors (Lipinski definition) is 2. The summed E-state index contributed by atoms with van der Waals surface area (Å²) in [6.07, 6.45) is 0.644. The van der Waals surface area contributed by atoms with Gasteiger partial charge in [0.25, 0.3) is 0 Å². The van der Waals surface area contributed by atoms with Crippen molar-refractivity contribution in [2.75, 3.05) is 6.61 Å². The molecule has 1 fully saturated rings. The van der Waals surface area contributed by atoms with E-state index in [2.05, 4.69) is 6.58 Å². The van der Waals surface area contributed by atoms with E-state index in [1.807, 2.05) is 30.3 Å². The van der Waals surface area contributed by atoms with Gasteiger partial charge in [-0.2, -0.15) is 5.06 Å². The number of nitrogens with zero attached hydrogens (tertiary/aromatic N) is 1. The van der Waals surface area contributed by atoms with Crippen molar-refractivity contribution in [2.24, 2.45) is 0 Å². The Kier molecular flexibility index (Phi) is 5.13. The molecule has 21 heavy (non-hydrogen) atoms. The van der Waals surface area contributed by atoms with Crippen LogP contribution in [0.2, 0.25) is 0 Å². The second kappa shape index (κ2) is 6.68. The van der Waals surface area contributed by atoms with Crippen LogP contribution in [0.15, 0.2) is 43.0 Å². The molecule has 0 radical (unpaired) electrons. The summed E-state index contributed by atoms with van der Waals surface area (Å²) < 4.78 is 11.4. The van der Waals surface area contributed by atoms with Crippen molar-refractivity contribution in [2.45, 2.75) is 44.4 Å². The highest BCUT2D eigenvalue weighted by Gasteiger charge is 2.45. The first-order chi connectivity index (χ1) is 9.96. The Bertz CT molecular complexity index is 463. The zero-order chi connectivity index (χ0) is 15.5. The fourth-order valence-electron chi connectivity index (χ4n) is 2.60. The van der Waals surface area contributed by atoms with E-state index in [1.54, 1.807) is 19.9 Å². The van der Waals surface area contributed by atoms with Crippen LogP contribution >= 0.6 is 0 Å². The lowest BCUT2D eigenvalue weighted by Gasteiger charge is -2.30. The zero-order valence-corrected chi connectivity index (χ0v) is 12.5. The van der Waals surface area contributed by atoms with Crippen molar-refractivity contribution in [1.82, 2.24) is 5.06 Å². The van der Waals surface area contributed by atoms with Gasteiger partial charge in [0, 0.05) is 6.54 Å². The van der Waals surface area contributed by atoms with Gasteiger partial charge in [0.2, 0.25) is 0 Å². The molecule has 5 heteroatoms. The zero-order valence-electron chi connectivity index (χ0n) is 12.5. The first-order valence-corrected chi connectivity index (χ1v) is 7.05. The number of hydroxylamine groups is 2. The largest absolute Gasteiger partial charge is 0.394 e. The van der Waals surface area contributed by atoms with E-state index in [9.17, 15) is 10.3 Å². The molecule has 1 aliphatic rings. The molecule has 2 N–H and O–H groups in total. The van der Waals surface area contributed by atoms with Crippen LogP contribution in [0.3, 0.4) is 0 Å². The second-order valence-corrected chi connectivity index (χ2v) is 5.63. The molecule has 0 amide bonds. The molecule has 0 aliphatic carbocycles. The normalized spacial score (nSPS) is 26.0. The van der Waals surface area contributed by atoms with Crippen molar-refractivity contribution in [3.63, 3.8) is 0 Å². The maximum absolute atomic E-state index is 10.4. The van der Waals surface area contributed by atoms with E-state index in [1.165, 1.54) is 5.06 Å². The molecule has 116 valence electrons. The summed E-state index contributed by atoms with van der Waals surface area (Å²) in [4.78, 5) is 0. The maximum atomic E-state index is 10.4. The molecule has 1 aliphatic heterocycles. The number of aliphatic hydroxyl groups is 1. The smallest absolute Gasteiger partial charge is 0.163 e. The average Bonchev–Trinajstić information content (AvgIpc) is 2.76. The van der Waals surface area contributed by atoms with Gasteiger partial charge in [0.15, 0.2) is 5.79 Å². The van der Waals surface area contributed by atoms with Crippen molar-refractivity contribution in [3.8, 4) is 0 Å². The van der Waals surface area contributed by atoms with Gasteiger partial charge in [-0.05, 0) is 19.4 Å². The Morgan fingerprint density at radius 2 is 2.00 bits per heavy atom. The summed E-state index contributed by atoms with van der Waals surface area (Å²) in [5.41, 5.74) is 0.977. The van der Waals surface area contributed by atoms with Crippen molar-refractivity contribution in [1.29, 1.82) is 0 Å². The summed E-state index contributed by atoms with van der Waals surface area (Å²) >= 11 is 0. The minimum Gasteiger partial charge on any atom is -0.394 e. The van der Waals surface area contributed by atoms with Gasteiger partial charge in [0.05, 0.1) is 12.6 Å². The molecule has 0 unspecified atom stereocenters. The lowest BCUT2D eigenvalue weighted by molar-refractivity contribution is -0.178. The Morgan fingerprint density at radius 1 is 1.33 bits per heavy atom. The molecule has 1 heterocycles. The number of rotatable bonds is 6. The van der Waals surface area contributed by atoms with Crippen LogP contribution < -0.4 is 0 Å². The predicted octanol–water partition coefficient (Wildman–Crippen LogP) is 1.94. The van der Waals surface area contributed by atoms with Gasteiger partial charge in [-0.25, -0.2) is 0 Å². The van der Waals surface area contributed by atoms with Gasteiger partial charge in [-0.1, -0.05) is 36.4 Å². The molecular formula is C16H23NO4. The van der Waals surface area contributed by atoms with E-state index in [-0.39, 0.29) is 6.61 Å². The van der Waals surface area contributed by atoms with Gasteiger partial charge in [0.1, 0.15) is 12.2 Å². The molecule has 0 aromatic heterocycles. The summed E-state index contributed by atoms with van der Waals surface area (Å²) in [6.45, 7) is 7.51. The molecule has 0 saturated carbocycles. The SMILES string of the molecule is C=C[C@@H]([C@@H]1OC(C)(C)O[C@@H]1CO)N(O)Cc1ccccc1. The fraction of sp³-hybridized carbons (Fsp3) is 0.500. The lowest BCUT2D eigenvalue weighted by atomic mass is 10.1. The van der Waals surface area contributed by atoms with Crippen LogP contribution in [0.5, 0.6) is 0 Å². The summed E-state index contributed by atoms with van der Waals surface area (Å²) in [5, 5.41) is 21.0. The van der Waals surface area contributed by atoms with Gasteiger partial charge >= 0.3 is 0 Å². The van der Waals surface area contributed by atoms with E-state index >= 15 is 0 Å². The van der Waals surface area contributed by atoms with E-state index in [0.717, 1.165) is 5.56 Å². The van der Waals surface area contributed by atoms with Crippen molar-refractivity contribution in [3.05, 3.63) is 48.6 Å². The topological polar surface area (TPSA) is 62.2 Å². The summed E-state index contributed by atoms with van der Waals surface area (Å²) in [6, 6.07) is 9.16. The van der Waals surface area contributed by atoms with Crippen LogP contribution in [0.4, 0.5) is 0 Å². The van der Waals surface area contributed by atoms with Crippen LogP contribution in [0.1, 0.15) is 19.4 Å². The standard InChI is InChI=1S/C16H23NO4/c1-4-13(15-14(11-18)20-16(2,3)21-15)17(19)10-12-8-6-5-7-9-12/h4-9,13-15,18-19H,1,10-11H2,2-3H3/t13-,14+,15-/m0/s1. The third-order valence-electron chi connectivity index (χ3n) is 3.51. The maximum Gasteiger partial charge on any atom is 0.163 e. The average molecular weight is 293 g/mol. The third kappa shape index (κ3) is 3.90. The molecular weight excluding hydrogens is 270 g/mol. The van der Waals surface area contributed by atoms with Gasteiger partial charge in [-0.15, -0.1) is 6.58 Å². The van der Waals surface area contributed by atoms with Gasteiger partial charge < -0.3 is 19.8 Å². The Balaban J connectivity index is 2.09. The van der Waals surface area contributed by atoms with Crippen LogP contribution in [-0.2, 0) is 16.0 Å². The van der Waals surface area contributed by atoms with E-state index in [0.29, 0.717) is 6.54 Å². The molecule has 1 aromatic rings.